The predicted molar refractivity (Wildman–Crippen MR) is 80.8 cm³/mol. The molecule has 0 heterocycles. The van der Waals surface area contributed by atoms with Crippen LogP contribution in [0.2, 0.25) is 5.02 Å². The second-order valence-electron chi connectivity index (χ2n) is 5.25. The first kappa shape index (κ1) is 15.3. The number of benzene rings is 1. The Bertz CT molecular complexity index is 549. The molecule has 1 saturated carbocycles. The summed E-state index contributed by atoms with van der Waals surface area (Å²) in [5.41, 5.74) is 0.576. The average Bonchev–Trinajstić information content (AvgIpc) is 2.76. The number of aliphatic carboxylic acids is 1. The van der Waals surface area contributed by atoms with Gasteiger partial charge in [0.1, 0.15) is 0 Å². The van der Waals surface area contributed by atoms with E-state index in [4.69, 9.17) is 11.6 Å². The zero-order valence-corrected chi connectivity index (χ0v) is 13.2. The Morgan fingerprint density at radius 3 is 2.60 bits per heavy atom. The first-order chi connectivity index (χ1) is 9.38. The molecule has 0 bridgehead atoms. The van der Waals surface area contributed by atoms with Crippen molar-refractivity contribution in [2.75, 3.05) is 5.32 Å². The second-order valence-corrected chi connectivity index (χ2v) is 6.51. The van der Waals surface area contributed by atoms with Crippen LogP contribution in [-0.4, -0.2) is 17.0 Å². The Labute approximate surface area is 130 Å². The number of anilines is 1. The van der Waals surface area contributed by atoms with Crippen LogP contribution in [0, 0.1) is 17.8 Å². The molecule has 3 atom stereocenters. The van der Waals surface area contributed by atoms with Crippen LogP contribution >= 0.6 is 27.5 Å². The highest BCUT2D eigenvalue weighted by atomic mass is 79.9. The van der Waals surface area contributed by atoms with Crippen molar-refractivity contribution in [2.24, 2.45) is 17.8 Å². The molecular weight excluding hydrogens is 346 g/mol. The number of carboxylic acid groups (broad SMARTS) is 1. The van der Waals surface area contributed by atoms with E-state index in [9.17, 15) is 14.7 Å². The van der Waals surface area contributed by atoms with E-state index in [-0.39, 0.29) is 11.8 Å². The highest BCUT2D eigenvalue weighted by Gasteiger charge is 2.41. The van der Waals surface area contributed by atoms with Gasteiger partial charge in [-0.25, -0.2) is 0 Å². The summed E-state index contributed by atoms with van der Waals surface area (Å²) in [7, 11) is 0. The van der Waals surface area contributed by atoms with Crippen molar-refractivity contribution in [3.8, 4) is 0 Å². The van der Waals surface area contributed by atoms with Crippen LogP contribution in [0.1, 0.15) is 19.8 Å². The quantitative estimate of drug-likeness (QED) is 0.862. The van der Waals surface area contributed by atoms with Crippen molar-refractivity contribution in [2.45, 2.75) is 19.8 Å². The lowest BCUT2D eigenvalue weighted by Gasteiger charge is -2.15. The maximum atomic E-state index is 12.2. The van der Waals surface area contributed by atoms with Gasteiger partial charge < -0.3 is 10.4 Å². The Hall–Kier alpha value is -1.07. The summed E-state index contributed by atoms with van der Waals surface area (Å²) in [6.07, 6.45) is 1.15. The van der Waals surface area contributed by atoms with Gasteiger partial charge in [-0.1, -0.05) is 18.5 Å². The minimum atomic E-state index is -0.900. The van der Waals surface area contributed by atoms with Crippen LogP contribution in [0.15, 0.2) is 22.7 Å². The zero-order valence-electron chi connectivity index (χ0n) is 10.9. The highest BCUT2D eigenvalue weighted by Crippen LogP contribution is 2.37. The molecule has 108 valence electrons. The van der Waals surface area contributed by atoms with Crippen molar-refractivity contribution in [3.05, 3.63) is 27.7 Å². The highest BCUT2D eigenvalue weighted by molar-refractivity contribution is 9.10. The molecule has 6 heteroatoms. The Morgan fingerprint density at radius 1 is 1.35 bits per heavy atom. The van der Waals surface area contributed by atoms with Gasteiger partial charge >= 0.3 is 5.97 Å². The minimum Gasteiger partial charge on any atom is -0.481 e. The molecule has 3 unspecified atom stereocenters. The normalized spacial score (nSPS) is 25.4. The van der Waals surface area contributed by atoms with Crippen molar-refractivity contribution in [1.82, 2.24) is 0 Å². The molecule has 1 aromatic carbocycles. The zero-order chi connectivity index (χ0) is 14.9. The third-order valence-electron chi connectivity index (χ3n) is 3.64. The van der Waals surface area contributed by atoms with E-state index in [2.05, 4.69) is 21.2 Å². The number of hydrogen-bond donors (Lipinski definition) is 2. The number of nitrogens with one attached hydrogen (secondary N) is 1. The molecule has 20 heavy (non-hydrogen) atoms. The number of rotatable bonds is 3. The number of carboxylic acids is 1. The lowest BCUT2D eigenvalue weighted by molar-refractivity contribution is -0.145. The van der Waals surface area contributed by atoms with E-state index in [1.165, 1.54) is 0 Å². The summed E-state index contributed by atoms with van der Waals surface area (Å²) in [6.45, 7) is 1.97. The molecule has 1 amide bonds. The van der Waals surface area contributed by atoms with E-state index in [0.29, 0.717) is 23.6 Å². The lowest BCUT2D eigenvalue weighted by Crippen LogP contribution is -2.29. The van der Waals surface area contributed by atoms with Crippen LogP contribution in [0.5, 0.6) is 0 Å². The SMILES string of the molecule is CC1CC(C(=O)O)C(C(=O)Nc2ccc(Br)c(Cl)c2)C1. The van der Waals surface area contributed by atoms with Crippen molar-refractivity contribution < 1.29 is 14.7 Å². The summed E-state index contributed by atoms with van der Waals surface area (Å²) < 4.78 is 0.745. The fourth-order valence-corrected chi connectivity index (χ4v) is 3.09. The molecular formula is C14H15BrClNO3. The van der Waals surface area contributed by atoms with Crippen LogP contribution in [-0.2, 0) is 9.59 Å². The summed E-state index contributed by atoms with van der Waals surface area (Å²) in [4.78, 5) is 23.4. The fraction of sp³-hybridized carbons (Fsp3) is 0.429. The molecule has 1 aromatic rings. The first-order valence-electron chi connectivity index (χ1n) is 6.37. The summed E-state index contributed by atoms with van der Waals surface area (Å²) >= 11 is 9.24. The second kappa shape index (κ2) is 6.14. The van der Waals surface area contributed by atoms with Crippen molar-refractivity contribution >= 4 is 45.1 Å². The molecule has 2 rings (SSSR count). The van der Waals surface area contributed by atoms with Crippen molar-refractivity contribution in [1.29, 1.82) is 0 Å². The topological polar surface area (TPSA) is 66.4 Å². The smallest absolute Gasteiger partial charge is 0.307 e. The summed E-state index contributed by atoms with van der Waals surface area (Å²) in [5, 5.41) is 12.4. The number of amides is 1. The number of hydrogen-bond acceptors (Lipinski definition) is 2. The van der Waals surface area contributed by atoms with Gasteiger partial charge in [0.25, 0.3) is 0 Å². The van der Waals surface area contributed by atoms with Crippen LogP contribution in [0.25, 0.3) is 0 Å². The maximum Gasteiger partial charge on any atom is 0.307 e. The third-order valence-corrected chi connectivity index (χ3v) is 4.87. The van der Waals surface area contributed by atoms with Crippen molar-refractivity contribution in [3.63, 3.8) is 0 Å². The Morgan fingerprint density at radius 2 is 2.00 bits per heavy atom. The molecule has 0 aromatic heterocycles. The molecule has 0 saturated heterocycles. The van der Waals surface area contributed by atoms with Gasteiger partial charge in [-0.05, 0) is 52.9 Å². The van der Waals surface area contributed by atoms with Gasteiger partial charge in [0.15, 0.2) is 0 Å². The number of carbonyl (C=O) groups excluding carboxylic acids is 1. The van der Waals surface area contributed by atoms with E-state index < -0.39 is 17.8 Å². The third kappa shape index (κ3) is 3.33. The minimum absolute atomic E-state index is 0.250. The maximum absolute atomic E-state index is 12.2. The average molecular weight is 361 g/mol. The van der Waals surface area contributed by atoms with Gasteiger partial charge in [0, 0.05) is 10.2 Å². The van der Waals surface area contributed by atoms with E-state index in [0.717, 1.165) is 4.47 Å². The van der Waals surface area contributed by atoms with E-state index in [1.807, 2.05) is 6.92 Å². The van der Waals surface area contributed by atoms with E-state index in [1.54, 1.807) is 18.2 Å². The number of halogens is 2. The standard InChI is InChI=1S/C14H15BrClNO3/c1-7-4-9(10(5-7)14(19)20)13(18)17-8-2-3-11(15)12(16)6-8/h2-3,6-7,9-10H,4-5H2,1H3,(H,17,18)(H,19,20). The van der Waals surface area contributed by atoms with Gasteiger partial charge in [-0.3, -0.25) is 9.59 Å². The monoisotopic (exact) mass is 359 g/mol. The largest absolute Gasteiger partial charge is 0.481 e. The molecule has 0 spiro atoms. The van der Waals surface area contributed by atoms with Crippen LogP contribution in [0.4, 0.5) is 5.69 Å². The summed E-state index contributed by atoms with van der Waals surface area (Å²) in [6, 6.07) is 5.10. The molecule has 1 aliphatic carbocycles. The predicted octanol–water partition coefficient (Wildman–Crippen LogP) is 3.79. The number of carbonyl (C=O) groups is 2. The summed E-state index contributed by atoms with van der Waals surface area (Å²) in [5.74, 6) is -1.98. The van der Waals surface area contributed by atoms with Gasteiger partial charge in [0.2, 0.25) is 5.91 Å². The first-order valence-corrected chi connectivity index (χ1v) is 7.54. The molecule has 0 radical (unpaired) electrons. The molecule has 1 aliphatic rings. The molecule has 2 N–H and O–H groups in total. The van der Waals surface area contributed by atoms with E-state index >= 15 is 0 Å². The lowest BCUT2D eigenvalue weighted by atomic mass is 9.95. The van der Waals surface area contributed by atoms with Gasteiger partial charge in [0.05, 0.1) is 16.9 Å². The van der Waals surface area contributed by atoms with Crippen LogP contribution < -0.4 is 5.32 Å². The molecule has 0 aliphatic heterocycles. The van der Waals surface area contributed by atoms with Gasteiger partial charge in [-0.2, -0.15) is 0 Å². The molecule has 4 nitrogen and oxygen atoms in total. The van der Waals surface area contributed by atoms with Gasteiger partial charge in [-0.15, -0.1) is 0 Å². The fourth-order valence-electron chi connectivity index (χ4n) is 2.66. The Kier molecular flexibility index (Phi) is 4.70. The Balaban J connectivity index is 2.11. The molecule has 1 fully saturated rings. The van der Waals surface area contributed by atoms with Crippen LogP contribution in [0.3, 0.4) is 0 Å².